The molecule has 10 aliphatic heterocycles. The smallest absolute Gasteiger partial charge is 0.111 e. The minimum Gasteiger partial charge on any atom is -0.380 e. The van der Waals surface area contributed by atoms with Crippen LogP contribution in [0.25, 0.3) is 0 Å². The zero-order valence-corrected chi connectivity index (χ0v) is 76.5. The van der Waals surface area contributed by atoms with Crippen LogP contribution in [0.2, 0.25) is 0 Å². The largest absolute Gasteiger partial charge is 0.380 e. The number of hydrogen-bond acceptors (Lipinski definition) is 15. The van der Waals surface area contributed by atoms with Crippen molar-refractivity contribution in [2.45, 2.75) is 369 Å². The third kappa shape index (κ3) is 64.4. The van der Waals surface area contributed by atoms with E-state index in [2.05, 4.69) is 225 Å². The Balaban J connectivity index is 0. The van der Waals surface area contributed by atoms with E-state index >= 15 is 0 Å². The molecule has 10 heterocycles. The van der Waals surface area contributed by atoms with Crippen molar-refractivity contribution < 1.29 is 32.5 Å². The quantitative estimate of drug-likeness (QED) is 0.131. The number of piperazine rings is 3. The summed E-state index contributed by atoms with van der Waals surface area (Å²) in [7, 11) is 1.82. The van der Waals surface area contributed by atoms with Gasteiger partial charge in [-0.2, -0.15) is 0 Å². The zero-order chi connectivity index (χ0) is 81.0. The van der Waals surface area contributed by atoms with Crippen LogP contribution >= 0.6 is 0 Å². The molecule has 13 aliphatic rings. The predicted octanol–water partition coefficient (Wildman–Crippen LogP) is 18.5. The number of ether oxygens (including phenoxy) is 5. The molecule has 5 atom stereocenters. The second-order valence-electron chi connectivity index (χ2n) is 39.6. The van der Waals surface area contributed by atoms with E-state index in [9.17, 15) is 8.78 Å². The van der Waals surface area contributed by atoms with Gasteiger partial charge in [-0.25, -0.2) is 8.78 Å². The molecular formula is C91H194F2N10O5. The van der Waals surface area contributed by atoms with Gasteiger partial charge in [0.1, 0.15) is 11.8 Å². The van der Waals surface area contributed by atoms with Crippen LogP contribution in [0, 0.1) is 59.2 Å². The molecule has 3 aliphatic carbocycles. The minimum absolute atomic E-state index is 0. The van der Waals surface area contributed by atoms with Crippen LogP contribution in [0.15, 0.2) is 0 Å². The molecule has 0 bridgehead atoms. The van der Waals surface area contributed by atoms with Crippen LogP contribution in [0.4, 0.5) is 8.78 Å². The molecule has 3 saturated carbocycles. The van der Waals surface area contributed by atoms with E-state index in [1.165, 1.54) is 136 Å². The van der Waals surface area contributed by atoms with Crippen molar-refractivity contribution >= 4 is 0 Å². The van der Waals surface area contributed by atoms with Crippen molar-refractivity contribution in [1.82, 2.24) is 51.5 Å². The Kier molecular flexibility index (Phi) is 65.1. The van der Waals surface area contributed by atoms with E-state index in [-0.39, 0.29) is 18.6 Å². The highest BCUT2D eigenvalue weighted by Crippen LogP contribution is 2.39. The summed E-state index contributed by atoms with van der Waals surface area (Å²) in [4.78, 5) is 10.1. The van der Waals surface area contributed by atoms with Crippen molar-refractivity contribution in [1.29, 1.82) is 0 Å². The number of rotatable bonds is 9. The molecule has 0 aromatic rings. The average molecular weight is 1550 g/mol. The fourth-order valence-corrected chi connectivity index (χ4v) is 14.0. The van der Waals surface area contributed by atoms with Crippen molar-refractivity contribution in [3.05, 3.63) is 0 Å². The van der Waals surface area contributed by atoms with Crippen molar-refractivity contribution in [3.63, 3.8) is 0 Å². The van der Waals surface area contributed by atoms with Gasteiger partial charge >= 0.3 is 0 Å². The summed E-state index contributed by atoms with van der Waals surface area (Å²) >= 11 is 0. The lowest BCUT2D eigenvalue weighted by Crippen LogP contribution is -2.56. The van der Waals surface area contributed by atoms with E-state index in [1.807, 2.05) is 7.11 Å². The molecule has 13 fully saturated rings. The highest BCUT2D eigenvalue weighted by molar-refractivity contribution is 4.98. The number of alkyl halides is 2. The molecule has 0 radical (unpaired) electrons. The Morgan fingerprint density at radius 3 is 1.09 bits per heavy atom. The summed E-state index contributed by atoms with van der Waals surface area (Å²) < 4.78 is 52.5. The Labute approximate surface area is 673 Å². The molecule has 0 amide bonds. The Hall–Kier alpha value is -0.740. The van der Waals surface area contributed by atoms with Crippen LogP contribution in [-0.2, 0) is 23.7 Å². The predicted molar refractivity (Wildman–Crippen MR) is 468 cm³/mol. The van der Waals surface area contributed by atoms with Crippen LogP contribution in [-0.4, -0.2) is 250 Å². The van der Waals surface area contributed by atoms with Gasteiger partial charge in [-0.15, -0.1) is 0 Å². The normalized spacial score (nSPS) is 26.6. The van der Waals surface area contributed by atoms with Gasteiger partial charge in [0.15, 0.2) is 0 Å². The minimum atomic E-state index is -0.866. The van der Waals surface area contributed by atoms with Gasteiger partial charge in [-0.3, -0.25) is 14.7 Å². The summed E-state index contributed by atoms with van der Waals surface area (Å²) in [5.74, 6) is 8.74. The standard InChI is InChI=1S/C10H20O.C9H17FN2.C9H17N.C8H16FN.C8H16N2O.C8H16N2.C7H14N2O.C7H14O2.6C4H10.CH4/c1-8-5-6-9(7-8)11-10(2,3)4;1-9(10)6-8(7-9)12-4-2-11-3-5-12;1-2-8(3-1)9-4-6-10-7-5-9;1-7(9)6-8-2-4-10-5-3-8;1-11-8-4-7-5-9-2-3-10(7)6-8;1-6-10(7-1)8-2-4-9-5-3-8;1-3-9(4-2-8-1)7-5-10-6-7;1-7(2,3)9-6-4-8-5-6;6*1-4(2)3;/h8-9H,5-7H2,1-4H3;8,11H,2-7H2,1H3;8-10H,1-7H2;7-8,10H,2-6H2,1H3;7-9H,2-6H2,1H3;8-9H,1-7H2;7-8H,1-6H2;6H,4-5H2,1-3H3;6*4H,1-3H3;1H4. The molecule has 0 aromatic heterocycles. The fourth-order valence-electron chi connectivity index (χ4n) is 14.0. The molecule has 0 aromatic carbocycles. The fraction of sp³-hybridized carbons (Fsp3) is 1.00. The van der Waals surface area contributed by atoms with E-state index in [1.54, 1.807) is 13.8 Å². The number of hydrogen-bond donors (Lipinski definition) is 6. The summed E-state index contributed by atoms with van der Waals surface area (Å²) in [5, 5.41) is 20.1. The topological polar surface area (TPSA) is 131 Å². The van der Waals surface area contributed by atoms with Gasteiger partial charge in [0.25, 0.3) is 0 Å². The maximum absolute atomic E-state index is 13.2. The second kappa shape index (κ2) is 64.4. The van der Waals surface area contributed by atoms with Crippen LogP contribution in [0.5, 0.6) is 0 Å². The number of halogens is 2. The van der Waals surface area contributed by atoms with Crippen molar-refractivity contribution in [3.8, 4) is 0 Å². The highest BCUT2D eigenvalue weighted by Gasteiger charge is 2.43. The number of methoxy groups -OCH3 is 1. The third-order valence-electron chi connectivity index (χ3n) is 19.4. The summed E-state index contributed by atoms with van der Waals surface area (Å²) in [6.45, 7) is 84.3. The van der Waals surface area contributed by atoms with E-state index in [0.29, 0.717) is 30.3 Å². The number of nitrogens with zero attached hydrogens (tertiary/aromatic N) is 4. The third-order valence-corrected chi connectivity index (χ3v) is 19.4. The van der Waals surface area contributed by atoms with Crippen molar-refractivity contribution in [2.75, 3.05) is 164 Å². The SMILES string of the molecule is C.C1CC(C2CCNCC2)C1.C1CN(C2CCNCC2)C1.C1CN(C2COC2)CCN1.CC(C)(C)OC1COC1.CC(C)C.CC(C)C.CC(C)C.CC(C)C.CC(C)C.CC(C)C.CC(F)CC1CCNCC1.CC1(F)CC(N2CCNCC2)C1.CC1CCC(OC(C)(C)C)C1.COC1CC2CNCCN2C1. The Morgan fingerprint density at radius 1 is 0.407 bits per heavy atom. The first kappa shape index (κ1) is 109. The molecule has 15 nitrogen and oxygen atoms in total. The first-order chi connectivity index (χ1) is 50.2. The summed E-state index contributed by atoms with van der Waals surface area (Å²) in [5.41, 5.74) is -0.821. The van der Waals surface area contributed by atoms with E-state index in [0.717, 1.165) is 202 Å². The van der Waals surface area contributed by atoms with Gasteiger partial charge in [0.05, 0.1) is 62.1 Å². The summed E-state index contributed by atoms with van der Waals surface area (Å²) in [6, 6.07) is 2.94. The molecule has 13 rings (SSSR count). The first-order valence-electron chi connectivity index (χ1n) is 44.8. The van der Waals surface area contributed by atoms with Gasteiger partial charge in [-0.05, 0) is 257 Å². The number of fused-ring (bicyclic) bond motifs is 1. The maximum atomic E-state index is 13.2. The molecular weight excluding hydrogens is 1350 g/mol. The number of likely N-dealkylation sites (tertiary alicyclic amines) is 1. The first-order valence-corrected chi connectivity index (χ1v) is 44.8. The monoisotopic (exact) mass is 1550 g/mol. The molecule has 17 heteroatoms. The van der Waals surface area contributed by atoms with Gasteiger partial charge in [-0.1, -0.05) is 158 Å². The zero-order valence-electron chi connectivity index (χ0n) is 76.5. The molecule has 0 spiro atoms. The van der Waals surface area contributed by atoms with E-state index in [4.69, 9.17) is 23.7 Å². The lowest BCUT2D eigenvalue weighted by atomic mass is 9.72. The van der Waals surface area contributed by atoms with E-state index < -0.39 is 11.8 Å². The molecule has 5 unspecified atom stereocenters. The maximum Gasteiger partial charge on any atom is 0.111 e. The second-order valence-corrected chi connectivity index (χ2v) is 39.6. The van der Waals surface area contributed by atoms with Gasteiger partial charge in [0.2, 0.25) is 0 Å². The lowest BCUT2D eigenvalue weighted by molar-refractivity contribution is -0.176. The molecule has 652 valence electrons. The molecule has 108 heavy (non-hydrogen) atoms. The van der Waals surface area contributed by atoms with Crippen molar-refractivity contribution in [2.24, 2.45) is 59.2 Å². The Bertz CT molecular complexity index is 1780. The number of nitrogens with one attached hydrogen (secondary N) is 6. The van der Waals surface area contributed by atoms with Gasteiger partial charge in [0, 0.05) is 104 Å². The highest BCUT2D eigenvalue weighted by atomic mass is 19.1. The molecule has 6 N–H and O–H groups in total. The number of piperidine rings is 3. The Morgan fingerprint density at radius 2 is 0.778 bits per heavy atom. The molecule has 10 saturated heterocycles. The van der Waals surface area contributed by atoms with Crippen LogP contribution < -0.4 is 31.9 Å². The summed E-state index contributed by atoms with van der Waals surface area (Å²) in [6.07, 6.45) is 22.1. The van der Waals surface area contributed by atoms with Crippen LogP contribution in [0.3, 0.4) is 0 Å². The lowest BCUT2D eigenvalue weighted by Gasteiger charge is -2.46. The van der Waals surface area contributed by atoms with Crippen LogP contribution in [0.1, 0.15) is 304 Å². The average Bonchev–Trinajstić information content (AvgIpc) is 1.03. The van der Waals surface area contributed by atoms with Gasteiger partial charge < -0.3 is 60.5 Å².